The molecule has 0 bridgehead atoms. The number of quaternary nitrogens is 1. The number of carbonyl (C=O) groups is 1. The fourth-order valence-electron chi connectivity index (χ4n) is 5.55. The number of rotatable bonds is 8. The van der Waals surface area contributed by atoms with Gasteiger partial charge in [0.2, 0.25) is 0 Å². The predicted molar refractivity (Wildman–Crippen MR) is 120 cm³/mol. The smallest absolute Gasteiger partial charge is 0.300 e. The van der Waals surface area contributed by atoms with E-state index in [-0.39, 0.29) is 12.0 Å². The first-order valence-corrected chi connectivity index (χ1v) is 12.1. The topological polar surface area (TPSA) is 75.1 Å². The first kappa shape index (κ1) is 22.9. The maximum Gasteiger partial charge on any atom is 0.300 e. The summed E-state index contributed by atoms with van der Waals surface area (Å²) in [6, 6.07) is 9.15. The van der Waals surface area contributed by atoms with Crippen molar-refractivity contribution in [2.24, 2.45) is 5.92 Å². The van der Waals surface area contributed by atoms with E-state index in [0.29, 0.717) is 5.56 Å². The molecule has 1 saturated carbocycles. The van der Waals surface area contributed by atoms with Gasteiger partial charge in [-0.25, -0.2) is 0 Å². The van der Waals surface area contributed by atoms with Crippen LogP contribution in [-0.2, 0) is 21.6 Å². The van der Waals surface area contributed by atoms with Gasteiger partial charge in [0, 0.05) is 37.0 Å². The summed E-state index contributed by atoms with van der Waals surface area (Å²) in [5.41, 5.74) is -0.242. The third kappa shape index (κ3) is 5.18. The molecule has 6 heteroatoms. The molecule has 6 nitrogen and oxygen atoms in total. The summed E-state index contributed by atoms with van der Waals surface area (Å²) in [6.45, 7) is 2.83. The van der Waals surface area contributed by atoms with Gasteiger partial charge < -0.3 is 14.3 Å². The Kier molecular flexibility index (Phi) is 7.21. The van der Waals surface area contributed by atoms with Crippen molar-refractivity contribution in [2.45, 2.75) is 63.1 Å². The highest BCUT2D eigenvalue weighted by atomic mass is 16.6. The van der Waals surface area contributed by atoms with E-state index < -0.39 is 11.6 Å². The average Bonchev–Trinajstić information content (AvgIpc) is 3.35. The highest BCUT2D eigenvalue weighted by molar-refractivity contribution is 5.81. The van der Waals surface area contributed by atoms with E-state index in [1.54, 1.807) is 24.5 Å². The zero-order valence-corrected chi connectivity index (χ0v) is 19.1. The van der Waals surface area contributed by atoms with Crippen LogP contribution in [0.4, 0.5) is 0 Å². The summed E-state index contributed by atoms with van der Waals surface area (Å²) in [5, 5.41) is 14.1. The van der Waals surface area contributed by atoms with Crippen LogP contribution in [0.5, 0.6) is 0 Å². The standard InChI is InChI=1S/C26H35N3O3/c1-29(17-7-13-23-19-27-15-16-28-23)18-8-14-24(20-29)32-25(30)26(31,22-11-5-6-12-22)21-9-3-2-4-10-21/h2-4,9-10,15-16,19,22,24H,5-8,11-14,17-18,20H2,1H3/t24?,26?,29-/m1/s1. The molecule has 0 radical (unpaired) electrons. The van der Waals surface area contributed by atoms with Crippen LogP contribution < -0.4 is 5.11 Å². The van der Waals surface area contributed by atoms with Gasteiger partial charge in [-0.2, -0.15) is 0 Å². The first-order chi connectivity index (χ1) is 15.5. The van der Waals surface area contributed by atoms with Crippen LogP contribution in [-0.4, -0.2) is 53.2 Å². The molecule has 172 valence electrons. The lowest BCUT2D eigenvalue weighted by molar-refractivity contribution is -0.917. The fourth-order valence-corrected chi connectivity index (χ4v) is 5.55. The number of piperidine rings is 1. The number of aryl methyl sites for hydroxylation is 1. The van der Waals surface area contributed by atoms with Gasteiger partial charge in [-0.05, 0) is 24.3 Å². The molecule has 1 aromatic carbocycles. The Hall–Kier alpha value is -2.31. The first-order valence-electron chi connectivity index (χ1n) is 12.1. The molecular formula is C26H35N3O3. The highest BCUT2D eigenvalue weighted by Crippen LogP contribution is 2.40. The SMILES string of the molecule is C[N@@+]1(CCCc2cnccn2)CCCC(OC(=O)C([O-])(c2ccccc2)C2CCCC2)C1. The number of esters is 1. The quantitative estimate of drug-likeness (QED) is 0.469. The Morgan fingerprint density at radius 1 is 1.16 bits per heavy atom. The molecule has 1 aromatic heterocycles. The summed E-state index contributed by atoms with van der Waals surface area (Å²) in [5.74, 6) is -0.762. The second kappa shape index (κ2) is 10.1. The van der Waals surface area contributed by atoms with E-state index in [1.165, 1.54) is 0 Å². The molecule has 32 heavy (non-hydrogen) atoms. The number of ether oxygens (including phenoxy) is 1. The molecule has 1 saturated heterocycles. The minimum Gasteiger partial charge on any atom is -0.837 e. The summed E-state index contributed by atoms with van der Waals surface area (Å²) in [6.07, 6.45) is 12.4. The zero-order chi connectivity index (χ0) is 22.4. The number of likely N-dealkylation sites (tertiary alicyclic amines) is 1. The second-order valence-corrected chi connectivity index (χ2v) is 9.80. The maximum atomic E-state index is 14.1. The van der Waals surface area contributed by atoms with Gasteiger partial charge in [-0.1, -0.05) is 56.0 Å². The van der Waals surface area contributed by atoms with Gasteiger partial charge in [0.15, 0.2) is 6.10 Å². The van der Waals surface area contributed by atoms with Gasteiger partial charge in [0.25, 0.3) is 0 Å². The normalized spacial score (nSPS) is 25.9. The molecule has 0 amide bonds. The lowest BCUT2D eigenvalue weighted by Gasteiger charge is -2.46. The molecular weight excluding hydrogens is 402 g/mol. The Morgan fingerprint density at radius 2 is 1.94 bits per heavy atom. The van der Waals surface area contributed by atoms with Crippen molar-refractivity contribution in [1.82, 2.24) is 9.97 Å². The Bertz CT molecular complexity index is 872. The van der Waals surface area contributed by atoms with Crippen molar-refractivity contribution in [2.75, 3.05) is 26.7 Å². The van der Waals surface area contributed by atoms with Crippen LogP contribution in [0.3, 0.4) is 0 Å². The molecule has 2 heterocycles. The van der Waals surface area contributed by atoms with Crippen LogP contribution in [0.1, 0.15) is 56.2 Å². The number of hydrogen-bond donors (Lipinski definition) is 0. The Labute approximate surface area is 191 Å². The minimum atomic E-state index is -1.80. The third-order valence-electron chi connectivity index (χ3n) is 7.33. The summed E-state index contributed by atoms with van der Waals surface area (Å²) in [7, 11) is 2.23. The predicted octanol–water partition coefficient (Wildman–Crippen LogP) is 3.01. The van der Waals surface area contributed by atoms with Gasteiger partial charge in [0.1, 0.15) is 6.54 Å². The summed E-state index contributed by atoms with van der Waals surface area (Å²) in [4.78, 5) is 21.9. The summed E-state index contributed by atoms with van der Waals surface area (Å²) < 4.78 is 6.85. The van der Waals surface area contributed by atoms with Crippen LogP contribution in [0.25, 0.3) is 0 Å². The monoisotopic (exact) mass is 437 g/mol. The Morgan fingerprint density at radius 3 is 2.66 bits per heavy atom. The third-order valence-corrected chi connectivity index (χ3v) is 7.33. The summed E-state index contributed by atoms with van der Waals surface area (Å²) >= 11 is 0. The number of aromatic nitrogens is 2. The van der Waals surface area contributed by atoms with Gasteiger partial charge in [-0.15, -0.1) is 0 Å². The van der Waals surface area contributed by atoms with Crippen molar-refractivity contribution >= 4 is 5.97 Å². The van der Waals surface area contributed by atoms with E-state index in [0.717, 1.165) is 81.2 Å². The van der Waals surface area contributed by atoms with Gasteiger partial charge in [-0.3, -0.25) is 14.8 Å². The van der Waals surface area contributed by atoms with Crippen LogP contribution in [0.15, 0.2) is 48.9 Å². The number of carbonyl (C=O) groups excluding carboxylic acids is 1. The fraction of sp³-hybridized carbons (Fsp3) is 0.577. The molecule has 2 fully saturated rings. The highest BCUT2D eigenvalue weighted by Gasteiger charge is 2.42. The molecule has 4 rings (SSSR count). The van der Waals surface area contributed by atoms with Crippen molar-refractivity contribution in [1.29, 1.82) is 0 Å². The van der Waals surface area contributed by atoms with E-state index in [1.807, 2.05) is 24.4 Å². The van der Waals surface area contributed by atoms with Crippen LogP contribution >= 0.6 is 0 Å². The molecule has 0 spiro atoms. The van der Waals surface area contributed by atoms with E-state index >= 15 is 0 Å². The maximum absolute atomic E-state index is 14.1. The second-order valence-electron chi connectivity index (χ2n) is 9.80. The number of benzene rings is 1. The van der Waals surface area contributed by atoms with Gasteiger partial charge >= 0.3 is 5.97 Å². The Balaban J connectivity index is 1.40. The molecule has 3 atom stereocenters. The largest absolute Gasteiger partial charge is 0.837 e. The van der Waals surface area contributed by atoms with Crippen molar-refractivity contribution < 1.29 is 19.1 Å². The number of likely N-dealkylation sites (N-methyl/N-ethyl adjacent to an activating group) is 1. The number of hydrogen-bond acceptors (Lipinski definition) is 5. The lowest BCUT2D eigenvalue weighted by Crippen LogP contribution is -2.58. The average molecular weight is 438 g/mol. The zero-order valence-electron chi connectivity index (χ0n) is 19.1. The number of nitrogens with zero attached hydrogens (tertiary/aromatic N) is 3. The van der Waals surface area contributed by atoms with Crippen molar-refractivity contribution in [3.8, 4) is 0 Å². The van der Waals surface area contributed by atoms with Crippen molar-refractivity contribution in [3.05, 3.63) is 60.2 Å². The minimum absolute atomic E-state index is 0.186. The van der Waals surface area contributed by atoms with E-state index in [4.69, 9.17) is 4.74 Å². The van der Waals surface area contributed by atoms with E-state index in [2.05, 4.69) is 17.0 Å². The van der Waals surface area contributed by atoms with Crippen LogP contribution in [0, 0.1) is 5.92 Å². The van der Waals surface area contributed by atoms with E-state index in [9.17, 15) is 9.90 Å². The van der Waals surface area contributed by atoms with Crippen LogP contribution in [0.2, 0.25) is 0 Å². The van der Waals surface area contributed by atoms with Crippen molar-refractivity contribution in [3.63, 3.8) is 0 Å². The molecule has 1 aliphatic heterocycles. The lowest BCUT2D eigenvalue weighted by atomic mass is 9.80. The van der Waals surface area contributed by atoms with Gasteiger partial charge in [0.05, 0.1) is 25.8 Å². The molecule has 1 aliphatic carbocycles. The molecule has 2 unspecified atom stereocenters. The molecule has 2 aromatic rings. The molecule has 0 N–H and O–H groups in total. The molecule has 2 aliphatic rings.